The maximum absolute atomic E-state index is 5.25. The largest absolute Gasteiger partial charge is 0.250 e. The fourth-order valence-corrected chi connectivity index (χ4v) is 6.47. The van der Waals surface area contributed by atoms with Crippen LogP contribution in [0.1, 0.15) is 52.9 Å². The van der Waals surface area contributed by atoms with Crippen LogP contribution in [0.15, 0.2) is 128 Å². The standard InChI is InChI=1S/C44H39N5/c1-43(2,3)37-23-21-32-25-35(34-22-24-38(44(4,5)6)46-40(34)39(32)45-37)30-17-19-31(20-18-30)41-47-42-36(29-15-11-8-12-16-29)26-33(27-49(42)48-41)28-13-9-7-10-14-28/h7-27H,1-6H3. The summed E-state index contributed by atoms with van der Waals surface area (Å²) in [6.45, 7) is 13.2. The zero-order valence-electron chi connectivity index (χ0n) is 28.9. The van der Waals surface area contributed by atoms with Gasteiger partial charge in [0.15, 0.2) is 11.5 Å². The molecule has 0 saturated carbocycles. The van der Waals surface area contributed by atoms with Crippen LogP contribution in [-0.4, -0.2) is 24.6 Å². The molecule has 0 aliphatic heterocycles. The Kier molecular flexibility index (Phi) is 7.18. The summed E-state index contributed by atoms with van der Waals surface area (Å²) in [7, 11) is 0. The molecule has 0 amide bonds. The zero-order chi connectivity index (χ0) is 33.9. The molecular weight excluding hydrogens is 599 g/mol. The summed E-state index contributed by atoms with van der Waals surface area (Å²) in [5.74, 6) is 0.688. The molecule has 5 heteroatoms. The van der Waals surface area contributed by atoms with Gasteiger partial charge in [-0.2, -0.15) is 0 Å². The van der Waals surface area contributed by atoms with Gasteiger partial charge >= 0.3 is 0 Å². The minimum atomic E-state index is -0.0802. The average molecular weight is 638 g/mol. The summed E-state index contributed by atoms with van der Waals surface area (Å²) in [6, 6.07) is 42.6. The summed E-state index contributed by atoms with van der Waals surface area (Å²) in [4.78, 5) is 15.5. The molecule has 4 aromatic heterocycles. The van der Waals surface area contributed by atoms with Crippen LogP contribution in [0.5, 0.6) is 0 Å². The molecule has 4 aromatic carbocycles. The first-order chi connectivity index (χ1) is 23.5. The second-order valence-corrected chi connectivity index (χ2v) is 14.9. The van der Waals surface area contributed by atoms with Gasteiger partial charge in [-0.25, -0.2) is 19.5 Å². The number of rotatable bonds is 4. The molecule has 0 spiro atoms. The molecule has 0 radical (unpaired) electrons. The lowest BCUT2D eigenvalue weighted by Crippen LogP contribution is -2.14. The van der Waals surface area contributed by atoms with E-state index in [2.05, 4.69) is 157 Å². The molecule has 8 rings (SSSR count). The van der Waals surface area contributed by atoms with E-state index in [9.17, 15) is 0 Å². The van der Waals surface area contributed by atoms with Gasteiger partial charge in [0.1, 0.15) is 0 Å². The molecule has 0 saturated heterocycles. The Hall–Kier alpha value is -5.68. The molecule has 0 fully saturated rings. The lowest BCUT2D eigenvalue weighted by molar-refractivity contribution is 0.570. The predicted octanol–water partition coefficient (Wildman–Crippen LogP) is 11.1. The van der Waals surface area contributed by atoms with Gasteiger partial charge in [0.25, 0.3) is 0 Å². The van der Waals surface area contributed by atoms with Crippen molar-refractivity contribution in [2.75, 3.05) is 0 Å². The average Bonchev–Trinajstić information content (AvgIpc) is 3.55. The number of aromatic nitrogens is 5. The lowest BCUT2D eigenvalue weighted by atomic mass is 9.89. The highest BCUT2D eigenvalue weighted by Gasteiger charge is 2.21. The minimum absolute atomic E-state index is 0.0619. The highest BCUT2D eigenvalue weighted by atomic mass is 15.3. The van der Waals surface area contributed by atoms with Gasteiger partial charge in [-0.15, -0.1) is 5.10 Å². The van der Waals surface area contributed by atoms with Gasteiger partial charge in [0.05, 0.1) is 11.0 Å². The van der Waals surface area contributed by atoms with Crippen molar-refractivity contribution in [3.8, 4) is 44.8 Å². The molecule has 8 aromatic rings. The topological polar surface area (TPSA) is 56.0 Å². The van der Waals surface area contributed by atoms with Gasteiger partial charge in [-0.3, -0.25) is 0 Å². The maximum Gasteiger partial charge on any atom is 0.182 e. The monoisotopic (exact) mass is 637 g/mol. The Balaban J connectivity index is 1.25. The Morgan fingerprint density at radius 2 is 1.04 bits per heavy atom. The normalized spacial score (nSPS) is 12.3. The second kappa shape index (κ2) is 11.5. The summed E-state index contributed by atoms with van der Waals surface area (Å²) < 4.78 is 1.92. The van der Waals surface area contributed by atoms with Crippen molar-refractivity contribution in [1.82, 2.24) is 24.6 Å². The van der Waals surface area contributed by atoms with E-state index in [0.29, 0.717) is 5.82 Å². The van der Waals surface area contributed by atoms with Crippen LogP contribution in [0.4, 0.5) is 0 Å². The SMILES string of the molecule is CC(C)(C)c1ccc2cc(-c3ccc(-c4nc5c(-c6ccccc6)cc(-c6ccccc6)cn5n4)cc3)c3ccc(C(C)(C)C)nc3c2n1. The summed E-state index contributed by atoms with van der Waals surface area (Å²) in [6.07, 6.45) is 2.07. The molecule has 0 atom stereocenters. The number of nitrogens with zero attached hydrogens (tertiary/aromatic N) is 5. The van der Waals surface area contributed by atoms with Crippen molar-refractivity contribution in [2.45, 2.75) is 52.4 Å². The van der Waals surface area contributed by atoms with Crippen LogP contribution in [-0.2, 0) is 10.8 Å². The Labute approximate surface area is 287 Å². The van der Waals surface area contributed by atoms with Gasteiger partial charge in [-0.05, 0) is 46.5 Å². The Morgan fingerprint density at radius 3 is 1.69 bits per heavy atom. The highest BCUT2D eigenvalue weighted by Crippen LogP contribution is 2.37. The van der Waals surface area contributed by atoms with Gasteiger partial charge in [0, 0.05) is 55.9 Å². The highest BCUT2D eigenvalue weighted by molar-refractivity contribution is 6.10. The van der Waals surface area contributed by atoms with E-state index < -0.39 is 0 Å². The van der Waals surface area contributed by atoms with Crippen molar-refractivity contribution >= 4 is 27.5 Å². The molecule has 4 heterocycles. The molecule has 0 bridgehead atoms. The van der Waals surface area contributed by atoms with Crippen LogP contribution < -0.4 is 0 Å². The summed E-state index contributed by atoms with van der Waals surface area (Å²) in [5.41, 5.74) is 12.3. The number of pyridine rings is 3. The van der Waals surface area contributed by atoms with Gasteiger partial charge < -0.3 is 0 Å². The smallest absolute Gasteiger partial charge is 0.182 e. The quantitative estimate of drug-likeness (QED) is 0.180. The third kappa shape index (κ3) is 5.65. The van der Waals surface area contributed by atoms with Crippen LogP contribution in [0.3, 0.4) is 0 Å². The summed E-state index contributed by atoms with van der Waals surface area (Å²) >= 11 is 0. The third-order valence-electron chi connectivity index (χ3n) is 9.25. The third-order valence-corrected chi connectivity index (χ3v) is 9.25. The van der Waals surface area contributed by atoms with E-state index in [-0.39, 0.29) is 10.8 Å². The van der Waals surface area contributed by atoms with E-state index in [0.717, 1.165) is 77.8 Å². The molecular formula is C44H39N5. The van der Waals surface area contributed by atoms with Crippen LogP contribution in [0.2, 0.25) is 0 Å². The number of hydrogen-bond donors (Lipinski definition) is 0. The first kappa shape index (κ1) is 30.6. The first-order valence-electron chi connectivity index (χ1n) is 16.9. The molecule has 5 nitrogen and oxygen atoms in total. The second-order valence-electron chi connectivity index (χ2n) is 14.9. The van der Waals surface area contributed by atoms with Crippen LogP contribution in [0.25, 0.3) is 72.2 Å². The van der Waals surface area contributed by atoms with Crippen molar-refractivity contribution in [3.63, 3.8) is 0 Å². The fourth-order valence-electron chi connectivity index (χ4n) is 6.47. The van der Waals surface area contributed by atoms with Crippen LogP contribution >= 0.6 is 0 Å². The first-order valence-corrected chi connectivity index (χ1v) is 16.9. The number of benzene rings is 4. The van der Waals surface area contributed by atoms with E-state index >= 15 is 0 Å². The van der Waals surface area contributed by atoms with Crippen LogP contribution in [0, 0.1) is 0 Å². The summed E-state index contributed by atoms with van der Waals surface area (Å²) in [5, 5.41) is 7.18. The van der Waals surface area contributed by atoms with Crippen molar-refractivity contribution in [2.24, 2.45) is 0 Å². The molecule has 49 heavy (non-hydrogen) atoms. The van der Waals surface area contributed by atoms with Crippen molar-refractivity contribution < 1.29 is 0 Å². The number of hydrogen-bond acceptors (Lipinski definition) is 4. The Morgan fingerprint density at radius 1 is 0.469 bits per heavy atom. The maximum atomic E-state index is 5.25. The van der Waals surface area contributed by atoms with Gasteiger partial charge in [-0.1, -0.05) is 139 Å². The predicted molar refractivity (Wildman–Crippen MR) is 203 cm³/mol. The van der Waals surface area contributed by atoms with Gasteiger partial charge in [0.2, 0.25) is 0 Å². The molecule has 0 aliphatic carbocycles. The molecule has 0 aliphatic rings. The number of fused-ring (bicyclic) bond motifs is 4. The minimum Gasteiger partial charge on any atom is -0.250 e. The molecule has 240 valence electrons. The van der Waals surface area contributed by atoms with Crippen molar-refractivity contribution in [1.29, 1.82) is 0 Å². The zero-order valence-corrected chi connectivity index (χ0v) is 28.9. The van der Waals surface area contributed by atoms with Crippen molar-refractivity contribution in [3.05, 3.63) is 139 Å². The molecule has 0 unspecified atom stereocenters. The lowest BCUT2D eigenvalue weighted by Gasteiger charge is -2.21. The van der Waals surface area contributed by atoms with E-state index in [1.165, 1.54) is 0 Å². The Bertz CT molecular complexity index is 2480. The molecule has 0 N–H and O–H groups in total. The van der Waals surface area contributed by atoms with E-state index in [1.54, 1.807) is 0 Å². The fraction of sp³-hybridized carbons (Fsp3) is 0.182. The van der Waals surface area contributed by atoms with E-state index in [1.807, 2.05) is 16.6 Å². The van der Waals surface area contributed by atoms with E-state index in [4.69, 9.17) is 20.1 Å².